The summed E-state index contributed by atoms with van der Waals surface area (Å²) in [5.74, 6) is 0.848. The first-order valence-corrected chi connectivity index (χ1v) is 7.21. The quantitative estimate of drug-likeness (QED) is 0.828. The van der Waals surface area contributed by atoms with Crippen molar-refractivity contribution in [1.82, 2.24) is 5.32 Å². The van der Waals surface area contributed by atoms with Crippen molar-refractivity contribution >= 4 is 31.9 Å². The van der Waals surface area contributed by atoms with Gasteiger partial charge in [-0.25, -0.2) is 0 Å². The van der Waals surface area contributed by atoms with Gasteiger partial charge in [-0.3, -0.25) is 0 Å². The Morgan fingerprint density at radius 3 is 2.82 bits per heavy atom. The molecule has 0 aliphatic heterocycles. The molecule has 0 atom stereocenters. The molecule has 4 heteroatoms. The molecule has 2 rings (SSSR count). The van der Waals surface area contributed by atoms with Crippen molar-refractivity contribution in [3.63, 3.8) is 0 Å². The van der Waals surface area contributed by atoms with E-state index in [0.717, 1.165) is 27.3 Å². The standard InChI is InChI=1S/C13H15Br2NO/c1-9(14)8-17-13-5-2-10(6-12(13)15)7-16-11-3-4-11/h2,5-6,11,16H,1,3-4,7-8H2. The molecule has 0 spiro atoms. The molecule has 0 bridgehead atoms. The molecule has 17 heavy (non-hydrogen) atoms. The van der Waals surface area contributed by atoms with Gasteiger partial charge in [0.05, 0.1) is 4.47 Å². The molecule has 0 unspecified atom stereocenters. The molecule has 1 aliphatic rings. The van der Waals surface area contributed by atoms with E-state index in [0.29, 0.717) is 6.61 Å². The van der Waals surface area contributed by atoms with E-state index in [1.165, 1.54) is 18.4 Å². The van der Waals surface area contributed by atoms with Crippen LogP contribution in [0.15, 0.2) is 33.7 Å². The summed E-state index contributed by atoms with van der Waals surface area (Å²) in [6.45, 7) is 5.15. The number of ether oxygens (including phenoxy) is 1. The fourth-order valence-electron chi connectivity index (χ4n) is 1.48. The molecular formula is C13H15Br2NO. The van der Waals surface area contributed by atoms with Gasteiger partial charge in [-0.15, -0.1) is 0 Å². The number of rotatable bonds is 6. The Balaban J connectivity index is 1.92. The van der Waals surface area contributed by atoms with Gasteiger partial charge in [0.25, 0.3) is 0 Å². The molecule has 0 radical (unpaired) electrons. The van der Waals surface area contributed by atoms with Crippen molar-refractivity contribution < 1.29 is 4.74 Å². The maximum absolute atomic E-state index is 5.58. The Kier molecular flexibility index (Phi) is 4.65. The Labute approximate surface area is 119 Å². The molecule has 0 saturated heterocycles. The van der Waals surface area contributed by atoms with Gasteiger partial charge in [0, 0.05) is 17.1 Å². The number of hydrogen-bond acceptors (Lipinski definition) is 2. The number of nitrogens with one attached hydrogen (secondary N) is 1. The van der Waals surface area contributed by atoms with Crippen LogP contribution < -0.4 is 10.1 Å². The summed E-state index contributed by atoms with van der Waals surface area (Å²) in [5, 5.41) is 3.49. The second-order valence-corrected chi connectivity index (χ2v) is 6.20. The van der Waals surface area contributed by atoms with E-state index in [9.17, 15) is 0 Å². The lowest BCUT2D eigenvalue weighted by Crippen LogP contribution is -2.15. The summed E-state index contributed by atoms with van der Waals surface area (Å²) < 4.78 is 7.40. The largest absolute Gasteiger partial charge is 0.487 e. The SMILES string of the molecule is C=C(Br)COc1ccc(CNC2CC2)cc1Br. The van der Waals surface area contributed by atoms with Gasteiger partial charge in [0.15, 0.2) is 0 Å². The predicted octanol–water partition coefficient (Wildman–Crippen LogP) is 3.99. The molecule has 1 aliphatic carbocycles. The molecule has 1 saturated carbocycles. The molecule has 2 nitrogen and oxygen atoms in total. The van der Waals surface area contributed by atoms with Gasteiger partial charge in [0.1, 0.15) is 12.4 Å². The minimum absolute atomic E-state index is 0.484. The maximum Gasteiger partial charge on any atom is 0.134 e. The lowest BCUT2D eigenvalue weighted by Gasteiger charge is -2.09. The third-order valence-corrected chi connectivity index (χ3v) is 3.40. The average molecular weight is 361 g/mol. The molecule has 1 N–H and O–H groups in total. The summed E-state index contributed by atoms with van der Waals surface area (Å²) in [6, 6.07) is 6.92. The normalized spacial score (nSPS) is 14.7. The second-order valence-electron chi connectivity index (χ2n) is 4.23. The van der Waals surface area contributed by atoms with Crippen LogP contribution in [0.25, 0.3) is 0 Å². The summed E-state index contributed by atoms with van der Waals surface area (Å²) in [6.07, 6.45) is 2.63. The van der Waals surface area contributed by atoms with Gasteiger partial charge in [-0.1, -0.05) is 28.6 Å². The summed E-state index contributed by atoms with van der Waals surface area (Å²) in [4.78, 5) is 0. The van der Waals surface area contributed by atoms with Gasteiger partial charge < -0.3 is 10.1 Å². The van der Waals surface area contributed by atoms with Crippen LogP contribution in [0.5, 0.6) is 5.75 Å². The first-order chi connectivity index (χ1) is 8.15. The molecule has 0 heterocycles. The Morgan fingerprint density at radius 1 is 1.47 bits per heavy atom. The van der Waals surface area contributed by atoms with E-state index in [2.05, 4.69) is 55.9 Å². The highest BCUT2D eigenvalue weighted by Crippen LogP contribution is 2.27. The Hall–Kier alpha value is -0.320. The smallest absolute Gasteiger partial charge is 0.134 e. The first kappa shape index (κ1) is 13.1. The summed E-state index contributed by atoms with van der Waals surface area (Å²) in [5.41, 5.74) is 1.27. The zero-order chi connectivity index (χ0) is 12.3. The van der Waals surface area contributed by atoms with E-state index in [1.807, 2.05) is 6.07 Å². The van der Waals surface area contributed by atoms with Crippen LogP contribution in [-0.4, -0.2) is 12.6 Å². The topological polar surface area (TPSA) is 21.3 Å². The van der Waals surface area contributed by atoms with Crippen molar-refractivity contribution in [3.8, 4) is 5.75 Å². The number of benzene rings is 1. The maximum atomic E-state index is 5.58. The molecule has 1 aromatic rings. The highest BCUT2D eigenvalue weighted by atomic mass is 79.9. The van der Waals surface area contributed by atoms with Crippen molar-refractivity contribution in [3.05, 3.63) is 39.3 Å². The second kappa shape index (κ2) is 6.03. The van der Waals surface area contributed by atoms with Crippen LogP contribution >= 0.6 is 31.9 Å². The van der Waals surface area contributed by atoms with Crippen LogP contribution in [0.2, 0.25) is 0 Å². The summed E-state index contributed by atoms with van der Waals surface area (Å²) >= 11 is 6.80. The molecule has 0 aromatic heterocycles. The first-order valence-electron chi connectivity index (χ1n) is 5.63. The lowest BCUT2D eigenvalue weighted by molar-refractivity contribution is 0.358. The van der Waals surface area contributed by atoms with Crippen LogP contribution in [0.1, 0.15) is 18.4 Å². The fourth-order valence-corrected chi connectivity index (χ4v) is 2.13. The highest BCUT2D eigenvalue weighted by Gasteiger charge is 2.19. The van der Waals surface area contributed by atoms with Crippen molar-refractivity contribution in [2.75, 3.05) is 6.61 Å². The minimum atomic E-state index is 0.484. The fraction of sp³-hybridized carbons (Fsp3) is 0.385. The predicted molar refractivity (Wildman–Crippen MR) is 77.6 cm³/mol. The zero-order valence-corrected chi connectivity index (χ0v) is 12.7. The lowest BCUT2D eigenvalue weighted by atomic mass is 10.2. The third kappa shape index (κ3) is 4.45. The van der Waals surface area contributed by atoms with Crippen molar-refractivity contribution in [2.45, 2.75) is 25.4 Å². The highest BCUT2D eigenvalue weighted by molar-refractivity contribution is 9.11. The monoisotopic (exact) mass is 359 g/mol. The van der Waals surface area contributed by atoms with E-state index >= 15 is 0 Å². The Bertz CT molecular complexity index is 416. The molecule has 1 fully saturated rings. The third-order valence-electron chi connectivity index (χ3n) is 2.55. The van der Waals surface area contributed by atoms with Gasteiger partial charge in [-0.2, -0.15) is 0 Å². The molecule has 92 valence electrons. The van der Waals surface area contributed by atoms with Crippen molar-refractivity contribution in [2.24, 2.45) is 0 Å². The van der Waals surface area contributed by atoms with Gasteiger partial charge in [-0.05, 0) is 46.5 Å². The van der Waals surface area contributed by atoms with Crippen LogP contribution in [0, 0.1) is 0 Å². The average Bonchev–Trinajstić information content (AvgIpc) is 3.08. The number of hydrogen-bond donors (Lipinski definition) is 1. The van der Waals surface area contributed by atoms with Crippen molar-refractivity contribution in [1.29, 1.82) is 0 Å². The number of halogens is 2. The molecule has 0 amide bonds. The van der Waals surface area contributed by atoms with E-state index < -0.39 is 0 Å². The van der Waals surface area contributed by atoms with E-state index in [4.69, 9.17) is 4.74 Å². The Morgan fingerprint density at radius 2 is 2.24 bits per heavy atom. The van der Waals surface area contributed by atoms with Crippen LogP contribution in [0.4, 0.5) is 0 Å². The van der Waals surface area contributed by atoms with Gasteiger partial charge >= 0.3 is 0 Å². The molecule has 1 aromatic carbocycles. The van der Waals surface area contributed by atoms with Crippen LogP contribution in [0.3, 0.4) is 0 Å². The zero-order valence-electron chi connectivity index (χ0n) is 9.51. The summed E-state index contributed by atoms with van der Waals surface area (Å²) in [7, 11) is 0. The molecular weight excluding hydrogens is 346 g/mol. The van der Waals surface area contributed by atoms with Crippen LogP contribution in [-0.2, 0) is 6.54 Å². The van der Waals surface area contributed by atoms with Gasteiger partial charge in [0.2, 0.25) is 0 Å². The van der Waals surface area contributed by atoms with E-state index in [-0.39, 0.29) is 0 Å². The minimum Gasteiger partial charge on any atom is -0.487 e. The van der Waals surface area contributed by atoms with E-state index in [1.54, 1.807) is 0 Å².